The first kappa shape index (κ1) is 6.85. The van der Waals surface area contributed by atoms with Crippen LogP contribution < -0.4 is 0 Å². The van der Waals surface area contributed by atoms with Crippen LogP contribution in [0.15, 0.2) is 0 Å². The highest BCUT2D eigenvalue weighted by Gasteiger charge is 2.10. The van der Waals surface area contributed by atoms with Crippen LogP contribution in [0.25, 0.3) is 0 Å². The van der Waals surface area contributed by atoms with Crippen molar-refractivity contribution in [1.82, 2.24) is 0 Å². The first-order chi connectivity index (χ1) is 3.06. The third-order valence-electron chi connectivity index (χ3n) is 0.281. The Labute approximate surface area is 42.1 Å². The molecule has 0 aromatic heterocycles. The van der Waals surface area contributed by atoms with Gasteiger partial charge in [-0.05, 0) is 30.4 Å². The molecule has 7 heavy (non-hydrogen) atoms. The molecule has 0 aliphatic heterocycles. The van der Waals surface area contributed by atoms with Crippen LogP contribution >= 0.6 is 0 Å². The predicted molar refractivity (Wildman–Crippen MR) is 23.0 cm³/mol. The molecule has 0 aromatic rings. The van der Waals surface area contributed by atoms with Crippen molar-refractivity contribution in [3.05, 3.63) is 0 Å². The lowest BCUT2D eigenvalue weighted by Gasteiger charge is -2.11. The molecule has 0 saturated carbocycles. The summed E-state index contributed by atoms with van der Waals surface area (Å²) in [6.45, 7) is 5.06. The van der Waals surface area contributed by atoms with E-state index >= 15 is 0 Å². The summed E-state index contributed by atoms with van der Waals surface area (Å²) >= 11 is 0. The standard InChI is InChI=1S/C4H9FO2/c1-4(2,3)6-7-5/h1-3H3. The van der Waals surface area contributed by atoms with Gasteiger partial charge >= 0.3 is 0 Å². The summed E-state index contributed by atoms with van der Waals surface area (Å²) in [6, 6.07) is 0. The molecule has 0 rings (SSSR count). The van der Waals surface area contributed by atoms with Gasteiger partial charge in [-0.2, -0.15) is 4.89 Å². The van der Waals surface area contributed by atoms with E-state index in [4.69, 9.17) is 0 Å². The maximum absolute atomic E-state index is 10.8. The van der Waals surface area contributed by atoms with Crippen LogP contribution in [0.1, 0.15) is 20.8 Å². The SMILES string of the molecule is CC(C)(C)OOF. The molecule has 0 saturated heterocycles. The van der Waals surface area contributed by atoms with Gasteiger partial charge in [0.1, 0.15) is 0 Å². The van der Waals surface area contributed by atoms with Gasteiger partial charge in [-0.1, -0.05) is 0 Å². The first-order valence-electron chi connectivity index (χ1n) is 2.03. The third kappa shape index (κ3) is 5.85. The average molecular weight is 108 g/mol. The highest BCUT2D eigenvalue weighted by molar-refractivity contribution is 4.53. The lowest BCUT2D eigenvalue weighted by molar-refractivity contribution is -0.465. The number of hydrogen-bond donors (Lipinski definition) is 0. The summed E-state index contributed by atoms with van der Waals surface area (Å²) in [7, 11) is 0. The summed E-state index contributed by atoms with van der Waals surface area (Å²) in [5, 5.41) is 2.91. The molecule has 0 bridgehead atoms. The van der Waals surface area contributed by atoms with Crippen LogP contribution in [-0.4, -0.2) is 5.60 Å². The topological polar surface area (TPSA) is 18.5 Å². The molecule has 0 unspecified atom stereocenters. The zero-order chi connectivity index (χ0) is 5.91. The van der Waals surface area contributed by atoms with Gasteiger partial charge in [0, 0.05) is 0 Å². The quantitative estimate of drug-likeness (QED) is 0.375. The molecule has 0 heterocycles. The lowest BCUT2D eigenvalue weighted by Crippen LogP contribution is -2.16. The van der Waals surface area contributed by atoms with Crippen molar-refractivity contribution in [3.8, 4) is 0 Å². The van der Waals surface area contributed by atoms with Gasteiger partial charge in [0.15, 0.2) is 0 Å². The van der Waals surface area contributed by atoms with Gasteiger partial charge < -0.3 is 0 Å². The van der Waals surface area contributed by atoms with Crippen LogP contribution in [0.2, 0.25) is 0 Å². The molecular weight excluding hydrogens is 99.0 g/mol. The minimum atomic E-state index is -0.547. The Hall–Kier alpha value is -0.150. The van der Waals surface area contributed by atoms with E-state index in [0.717, 1.165) is 0 Å². The van der Waals surface area contributed by atoms with E-state index in [1.54, 1.807) is 20.8 Å². The molecule has 0 atom stereocenters. The zero-order valence-corrected chi connectivity index (χ0v) is 4.69. The first-order valence-corrected chi connectivity index (χ1v) is 2.03. The van der Waals surface area contributed by atoms with Crippen LogP contribution in [0.3, 0.4) is 0 Å². The van der Waals surface area contributed by atoms with E-state index in [1.807, 2.05) is 0 Å². The fourth-order valence-electron chi connectivity index (χ4n) is 0.0945. The second-order valence-corrected chi connectivity index (χ2v) is 2.26. The molecule has 0 aliphatic carbocycles. The third-order valence-corrected chi connectivity index (χ3v) is 0.281. The Bertz CT molecular complexity index is 48.1. The van der Waals surface area contributed by atoms with Gasteiger partial charge in [-0.3, -0.25) is 0 Å². The Balaban J connectivity index is 3.15. The summed E-state index contributed by atoms with van der Waals surface area (Å²) in [4.78, 5) is 4.06. The minimum absolute atomic E-state index is 0.547. The molecule has 3 heteroatoms. The van der Waals surface area contributed by atoms with E-state index in [-0.39, 0.29) is 0 Å². The lowest BCUT2D eigenvalue weighted by atomic mass is 10.2. The van der Waals surface area contributed by atoms with Crippen molar-refractivity contribution in [2.75, 3.05) is 0 Å². The fourth-order valence-corrected chi connectivity index (χ4v) is 0.0945. The van der Waals surface area contributed by atoms with Crippen molar-refractivity contribution >= 4 is 0 Å². The summed E-state index contributed by atoms with van der Waals surface area (Å²) in [5.74, 6) is 0. The van der Waals surface area contributed by atoms with E-state index in [1.165, 1.54) is 0 Å². The second-order valence-electron chi connectivity index (χ2n) is 2.26. The van der Waals surface area contributed by atoms with Gasteiger partial charge in [-0.15, -0.1) is 0 Å². The molecule has 2 nitrogen and oxygen atoms in total. The van der Waals surface area contributed by atoms with Gasteiger partial charge in [-0.25, -0.2) is 0 Å². The number of halogens is 1. The van der Waals surface area contributed by atoms with E-state index < -0.39 is 5.60 Å². The largest absolute Gasteiger partial charge is 0.196 e. The zero-order valence-electron chi connectivity index (χ0n) is 4.69. The monoisotopic (exact) mass is 108 g/mol. The fraction of sp³-hybridized carbons (Fsp3) is 1.00. The van der Waals surface area contributed by atoms with Gasteiger partial charge in [0.05, 0.1) is 5.60 Å². The minimum Gasteiger partial charge on any atom is -0.196 e. The van der Waals surface area contributed by atoms with E-state index in [9.17, 15) is 4.53 Å². The maximum atomic E-state index is 10.8. The number of rotatable bonds is 1. The summed E-state index contributed by atoms with van der Waals surface area (Å²) in [6.07, 6.45) is 0. The highest BCUT2D eigenvalue weighted by Crippen LogP contribution is 2.06. The van der Waals surface area contributed by atoms with Crippen LogP contribution in [-0.2, 0) is 9.98 Å². The normalized spacial score (nSPS) is 12.0. The van der Waals surface area contributed by atoms with Crippen molar-refractivity contribution in [2.24, 2.45) is 0 Å². The van der Waals surface area contributed by atoms with Crippen molar-refractivity contribution < 1.29 is 14.5 Å². The van der Waals surface area contributed by atoms with Crippen LogP contribution in [0.5, 0.6) is 0 Å². The predicted octanol–water partition coefficient (Wildman–Crippen LogP) is 1.62. The molecule has 0 spiro atoms. The van der Waals surface area contributed by atoms with Crippen molar-refractivity contribution in [1.29, 1.82) is 0 Å². The Morgan fingerprint density at radius 2 is 1.71 bits per heavy atom. The van der Waals surface area contributed by atoms with E-state index in [0.29, 0.717) is 0 Å². The molecule has 0 N–H and O–H groups in total. The maximum Gasteiger partial charge on any atom is 0.0986 e. The van der Waals surface area contributed by atoms with Crippen molar-refractivity contribution in [2.45, 2.75) is 26.4 Å². The van der Waals surface area contributed by atoms with Crippen molar-refractivity contribution in [3.63, 3.8) is 0 Å². The van der Waals surface area contributed by atoms with Crippen LogP contribution in [0, 0.1) is 0 Å². The average Bonchev–Trinajstić information content (AvgIpc) is 1.30. The Morgan fingerprint density at radius 1 is 1.29 bits per heavy atom. The van der Waals surface area contributed by atoms with Gasteiger partial charge in [0.25, 0.3) is 0 Å². The Kier molecular flexibility index (Phi) is 2.19. The summed E-state index contributed by atoms with van der Waals surface area (Å²) in [5.41, 5.74) is -0.547. The number of hydrogen-bond acceptors (Lipinski definition) is 2. The summed E-state index contributed by atoms with van der Waals surface area (Å²) < 4.78 is 10.8. The molecule has 0 radical (unpaired) electrons. The van der Waals surface area contributed by atoms with Crippen LogP contribution in [0.4, 0.5) is 4.53 Å². The Morgan fingerprint density at radius 3 is 1.71 bits per heavy atom. The molecule has 0 fully saturated rings. The van der Waals surface area contributed by atoms with E-state index in [2.05, 4.69) is 9.98 Å². The molecule has 0 aliphatic rings. The highest BCUT2D eigenvalue weighted by atomic mass is 19.3. The van der Waals surface area contributed by atoms with Gasteiger partial charge in [0.2, 0.25) is 0 Å². The molecule has 44 valence electrons. The molecule has 0 aromatic carbocycles. The second kappa shape index (κ2) is 2.23. The molecular formula is C4H9FO2. The molecule has 0 amide bonds. The smallest absolute Gasteiger partial charge is 0.0986 e.